The number of carbonyl (C=O) groups is 3. The average molecular weight is 549 g/mol. The fourth-order valence-electron chi connectivity index (χ4n) is 4.73. The number of amides is 1. The van der Waals surface area contributed by atoms with Crippen molar-refractivity contribution < 1.29 is 39.2 Å². The number of hydrogen-bond donors (Lipinski definition) is 5. The van der Waals surface area contributed by atoms with E-state index in [1.165, 1.54) is 30.3 Å². The van der Waals surface area contributed by atoms with E-state index in [0.717, 1.165) is 0 Å². The van der Waals surface area contributed by atoms with Gasteiger partial charge in [-0.25, -0.2) is 10.2 Å². The Morgan fingerprint density at radius 2 is 1.51 bits per heavy atom. The van der Waals surface area contributed by atoms with Crippen LogP contribution >= 0.6 is 12.2 Å². The third kappa shape index (κ3) is 5.31. The Kier molecular flexibility index (Phi) is 7.94. The predicted octanol–water partition coefficient (Wildman–Crippen LogP) is 4.71. The van der Waals surface area contributed by atoms with Crippen LogP contribution in [-0.4, -0.2) is 44.9 Å². The van der Waals surface area contributed by atoms with Crippen molar-refractivity contribution in [3.05, 3.63) is 82.4 Å². The number of fused-ring (bicyclic) bond motifs is 6. The molecule has 3 aromatic rings. The molecule has 0 aromatic heterocycles. The molecule has 39 heavy (non-hydrogen) atoms. The van der Waals surface area contributed by atoms with Crippen LogP contribution in [0.25, 0.3) is 0 Å². The number of isothiocyanates is 1. The minimum atomic E-state index is -1.38. The topological polar surface area (TPSA) is 166 Å². The van der Waals surface area contributed by atoms with Crippen LogP contribution in [0, 0.1) is 5.41 Å². The Hall–Kier alpha value is -4.73. The number of unbranched alkanes of at least 4 members (excludes halogenated alkanes) is 2. The summed E-state index contributed by atoms with van der Waals surface area (Å²) in [6.45, 7) is 0.384. The van der Waals surface area contributed by atoms with E-state index >= 15 is 0 Å². The maximum absolute atomic E-state index is 13.1. The molecular formula is C28H24N2O8S. The number of carboxylic acid groups (broad SMARTS) is 1. The van der Waals surface area contributed by atoms with E-state index in [1.54, 1.807) is 29.4 Å². The number of esters is 1. The van der Waals surface area contributed by atoms with Gasteiger partial charge in [0.1, 0.15) is 23.0 Å². The second kappa shape index (κ2) is 11.3. The summed E-state index contributed by atoms with van der Waals surface area (Å²) in [7, 11) is 0. The smallest absolute Gasteiger partial charge is 0.340 e. The number of carbonyl (C=O) groups excluding carboxylic acids is 2. The molecule has 0 radical (unpaired) electrons. The van der Waals surface area contributed by atoms with Crippen molar-refractivity contribution in [1.82, 2.24) is 5.32 Å². The molecule has 11 heteroatoms. The van der Waals surface area contributed by atoms with E-state index in [4.69, 9.17) is 20.0 Å². The van der Waals surface area contributed by atoms with E-state index in [2.05, 4.69) is 17.5 Å². The van der Waals surface area contributed by atoms with Crippen LogP contribution in [0.15, 0.2) is 54.6 Å². The number of nitrogens with one attached hydrogen (secondary N) is 2. The number of rotatable bonds is 7. The van der Waals surface area contributed by atoms with Gasteiger partial charge in [0.25, 0.3) is 5.91 Å². The Morgan fingerprint density at radius 3 is 2.10 bits per heavy atom. The number of aliphatic carboxylic acids is 1. The molecule has 2 heterocycles. The lowest BCUT2D eigenvalue weighted by Crippen LogP contribution is -2.33. The van der Waals surface area contributed by atoms with Gasteiger partial charge in [0.2, 0.25) is 0 Å². The van der Waals surface area contributed by atoms with E-state index in [9.17, 15) is 24.6 Å². The normalized spacial score (nSPS) is 13.4. The van der Waals surface area contributed by atoms with Gasteiger partial charge in [-0.15, -0.1) is 0 Å². The van der Waals surface area contributed by atoms with Crippen LogP contribution in [-0.2, 0) is 15.1 Å². The van der Waals surface area contributed by atoms with Crippen LogP contribution in [0.1, 0.15) is 63.1 Å². The van der Waals surface area contributed by atoms with Crippen molar-refractivity contribution in [3.63, 3.8) is 0 Å². The molecule has 5 rings (SSSR count). The number of aromatic hydroxyl groups is 2. The summed E-state index contributed by atoms with van der Waals surface area (Å²) >= 11 is 3.81. The number of hydrogen-bond acceptors (Lipinski definition) is 9. The first-order valence-electron chi connectivity index (χ1n) is 12.0. The molecule has 2 aliphatic rings. The molecule has 5 N–H and O–H groups in total. The van der Waals surface area contributed by atoms with Crippen LogP contribution in [0.2, 0.25) is 0 Å². The molecule has 200 valence electrons. The van der Waals surface area contributed by atoms with Crippen molar-refractivity contribution in [2.45, 2.75) is 31.3 Å². The summed E-state index contributed by atoms with van der Waals surface area (Å²) in [5.74, 6) is -1.33. The highest BCUT2D eigenvalue weighted by molar-refractivity contribution is 7.78. The van der Waals surface area contributed by atoms with Gasteiger partial charge in [-0.05, 0) is 61.5 Å². The summed E-state index contributed by atoms with van der Waals surface area (Å²) in [5, 5.41) is 38.8. The molecule has 0 saturated heterocycles. The number of carboxylic acids is 1. The highest BCUT2D eigenvalue weighted by Gasteiger charge is 2.53. The molecule has 0 bridgehead atoms. The molecule has 10 nitrogen and oxygen atoms in total. The number of phenolic OH excluding ortho intramolecular Hbond substituents is 2. The van der Waals surface area contributed by atoms with Crippen LogP contribution in [0.4, 0.5) is 0 Å². The monoisotopic (exact) mass is 548 g/mol. The highest BCUT2D eigenvalue weighted by atomic mass is 32.1. The Labute approximate surface area is 228 Å². The van der Waals surface area contributed by atoms with Gasteiger partial charge in [0.15, 0.2) is 5.60 Å². The lowest BCUT2D eigenvalue weighted by atomic mass is 9.77. The van der Waals surface area contributed by atoms with Crippen molar-refractivity contribution in [3.8, 4) is 23.0 Å². The summed E-state index contributed by atoms with van der Waals surface area (Å²) in [4.78, 5) is 36.4. The number of phenols is 2. The fourth-order valence-corrected chi connectivity index (χ4v) is 4.73. The summed E-state index contributed by atoms with van der Waals surface area (Å²) < 4.78 is 11.9. The van der Waals surface area contributed by atoms with Crippen molar-refractivity contribution >= 4 is 35.2 Å². The van der Waals surface area contributed by atoms with Crippen molar-refractivity contribution in [2.24, 2.45) is 0 Å². The Morgan fingerprint density at radius 1 is 0.923 bits per heavy atom. The maximum atomic E-state index is 13.1. The van der Waals surface area contributed by atoms with E-state index in [1.807, 2.05) is 0 Å². The molecule has 0 unspecified atom stereocenters. The Balaban J connectivity index is 0.00000112. The molecule has 0 aliphatic carbocycles. The van der Waals surface area contributed by atoms with Crippen LogP contribution < -0.4 is 10.1 Å². The third-order valence-corrected chi connectivity index (χ3v) is 6.39. The molecule has 1 spiro atoms. The number of thiocarbonyl (C=S) groups is 1. The maximum Gasteiger partial charge on any atom is 0.340 e. The lowest BCUT2D eigenvalue weighted by molar-refractivity contribution is -0.137. The SMILES string of the molecule is N=C=S.O=C(O)CCCCCNC(=O)c1ccc2c(c1)C(=O)OC21c2ccc(O)cc2Oc2cc(O)ccc21. The molecule has 0 saturated carbocycles. The number of benzene rings is 3. The number of ether oxygens (including phenoxy) is 2. The first kappa shape index (κ1) is 27.3. The van der Waals surface area contributed by atoms with Gasteiger partial charge in [0, 0.05) is 47.4 Å². The molecule has 0 atom stereocenters. The molecule has 1 amide bonds. The molecule has 3 aromatic carbocycles. The van der Waals surface area contributed by atoms with E-state index in [0.29, 0.717) is 42.5 Å². The summed E-state index contributed by atoms with van der Waals surface area (Å²) in [5.41, 5.74) is 0.657. The zero-order valence-corrected chi connectivity index (χ0v) is 21.3. The minimum absolute atomic E-state index is 0.0352. The lowest BCUT2D eigenvalue weighted by Gasteiger charge is -2.36. The fraction of sp³-hybridized carbons (Fsp3) is 0.214. The molecule has 0 fully saturated rings. The standard InChI is InChI=1S/C27H23NO8.CHNS/c29-16-6-9-20-22(13-16)35-23-14-17(30)7-10-21(23)27(20)19-8-5-15(12-18(19)26(34)36-27)25(33)28-11-3-1-2-4-24(31)32;2-1-3/h5-10,12-14,29-30H,1-4,11H2,(H,28,33)(H,31,32);2H. The van der Waals surface area contributed by atoms with Crippen LogP contribution in [0.3, 0.4) is 0 Å². The van der Waals surface area contributed by atoms with E-state index < -0.39 is 17.5 Å². The van der Waals surface area contributed by atoms with Crippen LogP contribution in [0.5, 0.6) is 23.0 Å². The molecule has 2 aliphatic heterocycles. The predicted molar refractivity (Wildman–Crippen MR) is 142 cm³/mol. The van der Waals surface area contributed by atoms with E-state index in [-0.39, 0.29) is 46.5 Å². The zero-order valence-electron chi connectivity index (χ0n) is 20.5. The average Bonchev–Trinajstić information content (AvgIpc) is 3.18. The van der Waals surface area contributed by atoms with Gasteiger partial charge in [-0.2, -0.15) is 0 Å². The second-order valence-corrected chi connectivity index (χ2v) is 9.06. The van der Waals surface area contributed by atoms with Crippen molar-refractivity contribution in [1.29, 1.82) is 5.41 Å². The first-order valence-corrected chi connectivity index (χ1v) is 12.4. The largest absolute Gasteiger partial charge is 0.508 e. The molecular weight excluding hydrogens is 524 g/mol. The quantitative estimate of drug-likeness (QED) is 0.122. The first-order chi connectivity index (χ1) is 18.7. The van der Waals surface area contributed by atoms with Crippen molar-refractivity contribution in [2.75, 3.05) is 6.54 Å². The highest BCUT2D eigenvalue weighted by Crippen LogP contribution is 2.57. The minimum Gasteiger partial charge on any atom is -0.508 e. The van der Waals surface area contributed by atoms with Gasteiger partial charge >= 0.3 is 11.9 Å². The summed E-state index contributed by atoms with van der Waals surface area (Å²) in [6, 6.07) is 13.8. The van der Waals surface area contributed by atoms with Gasteiger partial charge in [-0.3, -0.25) is 9.59 Å². The van der Waals surface area contributed by atoms with Gasteiger partial charge < -0.3 is 30.1 Å². The third-order valence-electron chi connectivity index (χ3n) is 6.39. The second-order valence-electron chi connectivity index (χ2n) is 8.86. The summed E-state index contributed by atoms with van der Waals surface area (Å²) in [6.07, 6.45) is 1.96. The van der Waals surface area contributed by atoms with Gasteiger partial charge in [0.05, 0.1) is 10.7 Å². The van der Waals surface area contributed by atoms with Gasteiger partial charge in [-0.1, -0.05) is 12.5 Å². The zero-order chi connectivity index (χ0) is 28.2. The Bertz CT molecular complexity index is 1450.